The fraction of sp³-hybridized carbons (Fsp3) is 0.750. The molecule has 0 fully saturated rings. The number of halogens is 1. The van der Waals surface area contributed by atoms with Crippen LogP contribution in [-0.4, -0.2) is 10.9 Å². The third-order valence-electron chi connectivity index (χ3n) is 1.99. The van der Waals surface area contributed by atoms with E-state index >= 15 is 0 Å². The minimum atomic E-state index is -0.0266. The van der Waals surface area contributed by atoms with E-state index in [0.29, 0.717) is 0 Å². The van der Waals surface area contributed by atoms with Crippen LogP contribution in [0.25, 0.3) is 0 Å². The smallest absolute Gasteiger partial charge is 0.109 e. The topological polar surface area (TPSA) is 21.3 Å². The van der Waals surface area contributed by atoms with Crippen LogP contribution in [-0.2, 0) is 4.84 Å². The Kier molecular flexibility index (Phi) is 2.79. The molecular formula is C8H14ClNO. The Morgan fingerprint density at radius 1 is 1.73 bits per heavy atom. The van der Waals surface area contributed by atoms with E-state index in [0.717, 1.165) is 12.8 Å². The highest BCUT2D eigenvalue weighted by Crippen LogP contribution is 2.24. The van der Waals surface area contributed by atoms with Gasteiger partial charge in [-0.2, -0.15) is 0 Å². The van der Waals surface area contributed by atoms with Crippen molar-refractivity contribution >= 4 is 11.6 Å². The van der Waals surface area contributed by atoms with Gasteiger partial charge in [-0.25, -0.2) is 0 Å². The number of nitrogens with one attached hydrogen (secondary N) is 1. The molecule has 0 radical (unpaired) electrons. The molecule has 1 aliphatic heterocycles. The number of rotatable bonds is 3. The predicted molar refractivity (Wildman–Crippen MR) is 46.3 cm³/mol. The van der Waals surface area contributed by atoms with Crippen LogP contribution < -0.4 is 5.48 Å². The molecule has 0 aliphatic carbocycles. The summed E-state index contributed by atoms with van der Waals surface area (Å²) in [6.07, 6.45) is 5.62. The Labute approximate surface area is 72.5 Å². The van der Waals surface area contributed by atoms with Crippen LogP contribution in [0.15, 0.2) is 12.3 Å². The standard InChI is InChI=1S/C8H14ClNO/c1-3-8(6-7(2)9)4-5-11-10-8/h4-5,7,10H,3,6H2,1-2H3. The van der Waals surface area contributed by atoms with Crippen LogP contribution in [0, 0.1) is 0 Å². The summed E-state index contributed by atoms with van der Waals surface area (Å²) < 4.78 is 0. The first-order valence-electron chi connectivity index (χ1n) is 3.93. The van der Waals surface area contributed by atoms with E-state index in [-0.39, 0.29) is 10.9 Å². The molecule has 64 valence electrons. The van der Waals surface area contributed by atoms with Crippen molar-refractivity contribution in [3.8, 4) is 0 Å². The molecule has 1 heterocycles. The van der Waals surface area contributed by atoms with Gasteiger partial charge in [-0.15, -0.1) is 17.1 Å². The van der Waals surface area contributed by atoms with E-state index in [1.807, 2.05) is 13.0 Å². The summed E-state index contributed by atoms with van der Waals surface area (Å²) >= 11 is 5.90. The van der Waals surface area contributed by atoms with Crippen LogP contribution in [0.4, 0.5) is 0 Å². The third kappa shape index (κ3) is 2.11. The molecule has 2 atom stereocenters. The molecule has 0 saturated heterocycles. The summed E-state index contributed by atoms with van der Waals surface area (Å²) in [5.41, 5.74) is 2.93. The Bertz CT molecular complexity index is 158. The minimum Gasteiger partial charge on any atom is -0.416 e. The van der Waals surface area contributed by atoms with E-state index in [9.17, 15) is 0 Å². The van der Waals surface area contributed by atoms with E-state index in [1.54, 1.807) is 6.26 Å². The van der Waals surface area contributed by atoms with Gasteiger partial charge in [0.15, 0.2) is 0 Å². The molecule has 1 aliphatic rings. The molecular weight excluding hydrogens is 162 g/mol. The molecule has 1 rings (SSSR count). The van der Waals surface area contributed by atoms with Crippen LogP contribution in [0.5, 0.6) is 0 Å². The Morgan fingerprint density at radius 3 is 2.82 bits per heavy atom. The average molecular weight is 176 g/mol. The summed E-state index contributed by atoms with van der Waals surface area (Å²) in [6, 6.07) is 0. The molecule has 2 nitrogen and oxygen atoms in total. The molecule has 2 unspecified atom stereocenters. The van der Waals surface area contributed by atoms with Gasteiger partial charge in [0.25, 0.3) is 0 Å². The SMILES string of the molecule is CCC1(CC(C)Cl)C=CON1. The Hall–Kier alpha value is -0.210. The van der Waals surface area contributed by atoms with Crippen LogP contribution >= 0.6 is 11.6 Å². The zero-order valence-electron chi connectivity index (χ0n) is 6.93. The Balaban J connectivity index is 2.53. The predicted octanol–water partition coefficient (Wildman–Crippen LogP) is 2.20. The largest absolute Gasteiger partial charge is 0.416 e. The minimum absolute atomic E-state index is 0.0266. The molecule has 0 saturated carbocycles. The summed E-state index contributed by atoms with van der Waals surface area (Å²) in [5.74, 6) is 0. The second kappa shape index (κ2) is 3.46. The van der Waals surface area contributed by atoms with Crippen molar-refractivity contribution in [1.82, 2.24) is 5.48 Å². The lowest BCUT2D eigenvalue weighted by molar-refractivity contribution is 0.0916. The number of hydrogen-bond donors (Lipinski definition) is 1. The highest BCUT2D eigenvalue weighted by Gasteiger charge is 2.30. The highest BCUT2D eigenvalue weighted by atomic mass is 35.5. The lowest BCUT2D eigenvalue weighted by Crippen LogP contribution is -2.40. The highest BCUT2D eigenvalue weighted by molar-refractivity contribution is 6.20. The van der Waals surface area contributed by atoms with Gasteiger partial charge in [-0.1, -0.05) is 6.92 Å². The summed E-state index contributed by atoms with van der Waals surface area (Å²) in [5, 5.41) is 0.175. The van der Waals surface area contributed by atoms with Gasteiger partial charge in [0.1, 0.15) is 6.26 Å². The number of hydrogen-bond acceptors (Lipinski definition) is 2. The van der Waals surface area contributed by atoms with Gasteiger partial charge in [0.2, 0.25) is 0 Å². The number of alkyl halides is 1. The molecule has 1 N–H and O–H groups in total. The van der Waals surface area contributed by atoms with Crippen molar-refractivity contribution in [2.24, 2.45) is 0 Å². The lowest BCUT2D eigenvalue weighted by Gasteiger charge is -2.25. The van der Waals surface area contributed by atoms with Crippen molar-refractivity contribution in [3.63, 3.8) is 0 Å². The van der Waals surface area contributed by atoms with Crippen LogP contribution in [0.3, 0.4) is 0 Å². The van der Waals surface area contributed by atoms with Gasteiger partial charge >= 0.3 is 0 Å². The van der Waals surface area contributed by atoms with E-state index < -0.39 is 0 Å². The maximum absolute atomic E-state index is 5.90. The Morgan fingerprint density at radius 2 is 2.45 bits per heavy atom. The van der Waals surface area contributed by atoms with Crippen LogP contribution in [0.2, 0.25) is 0 Å². The fourth-order valence-corrected chi connectivity index (χ4v) is 1.57. The summed E-state index contributed by atoms with van der Waals surface area (Å²) in [4.78, 5) is 4.96. The molecule has 0 spiro atoms. The molecule has 0 aromatic rings. The molecule has 0 bridgehead atoms. The molecule has 3 heteroatoms. The van der Waals surface area contributed by atoms with E-state index in [2.05, 4.69) is 12.4 Å². The second-order valence-electron chi connectivity index (χ2n) is 3.02. The average Bonchev–Trinajstić information content (AvgIpc) is 2.36. The van der Waals surface area contributed by atoms with E-state index in [4.69, 9.17) is 16.4 Å². The monoisotopic (exact) mass is 175 g/mol. The molecule has 0 aromatic heterocycles. The van der Waals surface area contributed by atoms with Gasteiger partial charge in [-0.05, 0) is 25.8 Å². The molecule has 0 amide bonds. The summed E-state index contributed by atoms with van der Waals surface area (Å²) in [7, 11) is 0. The zero-order valence-corrected chi connectivity index (χ0v) is 7.69. The first kappa shape index (κ1) is 8.88. The van der Waals surface area contributed by atoms with Crippen molar-refractivity contribution < 1.29 is 4.84 Å². The van der Waals surface area contributed by atoms with Crippen molar-refractivity contribution in [3.05, 3.63) is 12.3 Å². The van der Waals surface area contributed by atoms with Gasteiger partial charge in [0.05, 0.1) is 5.54 Å². The van der Waals surface area contributed by atoms with Gasteiger partial charge < -0.3 is 4.84 Å². The van der Waals surface area contributed by atoms with Crippen LogP contribution in [0.1, 0.15) is 26.7 Å². The maximum Gasteiger partial charge on any atom is 0.109 e. The first-order chi connectivity index (χ1) is 5.18. The molecule has 11 heavy (non-hydrogen) atoms. The fourth-order valence-electron chi connectivity index (χ4n) is 1.30. The lowest BCUT2D eigenvalue weighted by atomic mass is 9.92. The van der Waals surface area contributed by atoms with E-state index in [1.165, 1.54) is 0 Å². The van der Waals surface area contributed by atoms with Gasteiger partial charge in [0, 0.05) is 5.38 Å². The zero-order chi connectivity index (χ0) is 8.32. The summed E-state index contributed by atoms with van der Waals surface area (Å²) in [6.45, 7) is 4.11. The maximum atomic E-state index is 5.90. The quantitative estimate of drug-likeness (QED) is 0.665. The second-order valence-corrected chi connectivity index (χ2v) is 3.76. The normalized spacial score (nSPS) is 31.9. The van der Waals surface area contributed by atoms with Crippen molar-refractivity contribution in [1.29, 1.82) is 0 Å². The first-order valence-corrected chi connectivity index (χ1v) is 4.37. The van der Waals surface area contributed by atoms with Gasteiger partial charge in [-0.3, -0.25) is 0 Å². The number of hydroxylamine groups is 1. The third-order valence-corrected chi connectivity index (χ3v) is 2.15. The van der Waals surface area contributed by atoms with Crippen molar-refractivity contribution in [2.45, 2.75) is 37.6 Å². The van der Waals surface area contributed by atoms with Crippen molar-refractivity contribution in [2.75, 3.05) is 0 Å². The molecule has 0 aromatic carbocycles.